The molecule has 0 radical (unpaired) electrons. The highest BCUT2D eigenvalue weighted by molar-refractivity contribution is 5.94. The van der Waals surface area contributed by atoms with Crippen LogP contribution in [0, 0.1) is 0 Å². The molecule has 1 aliphatic heterocycles. The van der Waals surface area contributed by atoms with Crippen LogP contribution in [-0.4, -0.2) is 25.0 Å². The molecular formula is C23H24N2O. The molecule has 1 atom stereocenters. The fourth-order valence-corrected chi connectivity index (χ4v) is 2.90. The molecule has 0 spiro atoms. The van der Waals surface area contributed by atoms with E-state index in [1.165, 1.54) is 0 Å². The normalized spacial score (nSPS) is 24.2. The van der Waals surface area contributed by atoms with E-state index >= 15 is 0 Å². The molecule has 1 saturated heterocycles. The third-order valence-electron chi connectivity index (χ3n) is 4.31. The maximum atomic E-state index is 12.4. The first-order chi connectivity index (χ1) is 12.8. The zero-order valence-electron chi connectivity index (χ0n) is 14.8. The number of allylic oxidation sites excluding steroid dienone is 8. The van der Waals surface area contributed by atoms with E-state index in [2.05, 4.69) is 34.9 Å². The molecule has 26 heavy (non-hydrogen) atoms. The molecule has 3 nitrogen and oxygen atoms in total. The summed E-state index contributed by atoms with van der Waals surface area (Å²) in [5.74, 6) is -0.0274. The van der Waals surface area contributed by atoms with Gasteiger partial charge in [0.2, 0.25) is 0 Å². The van der Waals surface area contributed by atoms with Crippen LogP contribution in [0.5, 0.6) is 0 Å². The van der Waals surface area contributed by atoms with Gasteiger partial charge >= 0.3 is 0 Å². The van der Waals surface area contributed by atoms with Crippen molar-refractivity contribution in [2.75, 3.05) is 13.1 Å². The Morgan fingerprint density at radius 3 is 2.35 bits per heavy atom. The number of carbonyl (C=O) groups is 1. The van der Waals surface area contributed by atoms with Gasteiger partial charge in [-0.05, 0) is 36.2 Å². The van der Waals surface area contributed by atoms with Gasteiger partial charge in [0.05, 0.1) is 0 Å². The molecule has 3 rings (SSSR count). The smallest absolute Gasteiger partial charge is 0.251 e. The lowest BCUT2D eigenvalue weighted by Gasteiger charge is -2.10. The van der Waals surface area contributed by atoms with Gasteiger partial charge in [-0.2, -0.15) is 0 Å². The molecule has 1 aromatic carbocycles. The predicted molar refractivity (Wildman–Crippen MR) is 108 cm³/mol. The van der Waals surface area contributed by atoms with Crippen LogP contribution in [0.3, 0.4) is 0 Å². The Morgan fingerprint density at radius 1 is 0.923 bits per heavy atom. The van der Waals surface area contributed by atoms with E-state index < -0.39 is 0 Å². The Balaban J connectivity index is 1.81. The van der Waals surface area contributed by atoms with Gasteiger partial charge in [-0.3, -0.25) is 4.79 Å². The van der Waals surface area contributed by atoms with Crippen molar-refractivity contribution in [1.82, 2.24) is 10.6 Å². The quantitative estimate of drug-likeness (QED) is 0.871. The molecule has 1 aromatic rings. The summed E-state index contributed by atoms with van der Waals surface area (Å²) >= 11 is 0. The van der Waals surface area contributed by atoms with Gasteiger partial charge < -0.3 is 10.6 Å². The van der Waals surface area contributed by atoms with Crippen molar-refractivity contribution < 1.29 is 4.79 Å². The predicted octanol–water partition coefficient (Wildman–Crippen LogP) is 3.97. The lowest BCUT2D eigenvalue weighted by Crippen LogP contribution is -2.36. The van der Waals surface area contributed by atoms with E-state index in [1.54, 1.807) is 0 Å². The molecule has 1 fully saturated rings. The molecule has 2 N–H and O–H groups in total. The number of hydrogen-bond donors (Lipinski definition) is 2. The first kappa shape index (κ1) is 17.9. The van der Waals surface area contributed by atoms with Crippen molar-refractivity contribution in [3.63, 3.8) is 0 Å². The van der Waals surface area contributed by atoms with Crippen molar-refractivity contribution in [3.05, 3.63) is 102 Å². The molecule has 0 aromatic heterocycles. The average molecular weight is 344 g/mol. The van der Waals surface area contributed by atoms with Crippen LogP contribution in [0.4, 0.5) is 0 Å². The minimum absolute atomic E-state index is 0.0274. The van der Waals surface area contributed by atoms with Gasteiger partial charge in [0.25, 0.3) is 5.91 Å². The van der Waals surface area contributed by atoms with Crippen LogP contribution in [0.2, 0.25) is 0 Å². The van der Waals surface area contributed by atoms with Gasteiger partial charge in [-0.15, -0.1) is 0 Å². The molecule has 0 bridgehead atoms. The number of rotatable bonds is 3. The summed E-state index contributed by atoms with van der Waals surface area (Å²) in [4.78, 5) is 12.4. The molecule has 0 saturated carbocycles. The summed E-state index contributed by atoms with van der Waals surface area (Å²) in [6.45, 7) is 1.81. The molecule has 2 aliphatic rings. The summed E-state index contributed by atoms with van der Waals surface area (Å²) in [6, 6.07) is 15.8. The van der Waals surface area contributed by atoms with Gasteiger partial charge in [0, 0.05) is 18.2 Å². The van der Waals surface area contributed by atoms with Crippen molar-refractivity contribution in [2.24, 2.45) is 0 Å². The second-order valence-electron chi connectivity index (χ2n) is 6.26. The highest BCUT2D eigenvalue weighted by Crippen LogP contribution is 2.15. The zero-order chi connectivity index (χ0) is 18.0. The highest BCUT2D eigenvalue weighted by atomic mass is 16.1. The Hall–Kier alpha value is -2.91. The van der Waals surface area contributed by atoms with E-state index in [0.29, 0.717) is 5.56 Å². The van der Waals surface area contributed by atoms with Gasteiger partial charge in [0.15, 0.2) is 0 Å². The Morgan fingerprint density at radius 2 is 1.62 bits per heavy atom. The second-order valence-corrected chi connectivity index (χ2v) is 6.26. The Bertz CT molecular complexity index is 783. The molecule has 3 heteroatoms. The minimum Gasteiger partial charge on any atom is -0.348 e. The highest BCUT2D eigenvalue weighted by Gasteiger charge is 2.16. The van der Waals surface area contributed by atoms with Crippen molar-refractivity contribution in [1.29, 1.82) is 0 Å². The van der Waals surface area contributed by atoms with Crippen molar-refractivity contribution >= 4 is 11.5 Å². The van der Waals surface area contributed by atoms with Crippen LogP contribution in [-0.2, 0) is 0 Å². The summed E-state index contributed by atoms with van der Waals surface area (Å²) < 4.78 is 0. The number of amides is 1. The number of hydrogen-bond acceptors (Lipinski definition) is 2. The summed E-state index contributed by atoms with van der Waals surface area (Å²) in [5.41, 5.74) is 2.91. The topological polar surface area (TPSA) is 41.1 Å². The minimum atomic E-state index is -0.0274. The van der Waals surface area contributed by atoms with Gasteiger partial charge in [-0.1, -0.05) is 78.9 Å². The van der Waals surface area contributed by atoms with Crippen LogP contribution in [0.1, 0.15) is 22.3 Å². The second kappa shape index (κ2) is 9.54. The first-order valence-electron chi connectivity index (χ1n) is 9.00. The lowest BCUT2D eigenvalue weighted by atomic mass is 10.0. The van der Waals surface area contributed by atoms with Crippen molar-refractivity contribution in [2.45, 2.75) is 12.5 Å². The summed E-state index contributed by atoms with van der Waals surface area (Å²) in [7, 11) is 0. The van der Waals surface area contributed by atoms with E-state index in [0.717, 1.165) is 30.6 Å². The van der Waals surface area contributed by atoms with E-state index in [-0.39, 0.29) is 11.9 Å². The third-order valence-corrected chi connectivity index (χ3v) is 4.31. The standard InChI is InChI=1S/C23H24N2O/c26-23(25-22-16-17-24-18-22)21-14-8-6-12-20(13-7-9-15-21)19-10-4-2-1-3-5-11-19/h1-15,22,24H,16-18H2,(H,25,26)/b2-1-,3-1?,4-2?,5-3-,8-6?,9-7?,10-4-,11-5?,12-6?,13-7?,14-8?,15-9?,19-10?,19-11+,20-12?,20-13?,21-14?,21-15?/t22-/m1/s1. The molecule has 1 aliphatic carbocycles. The maximum absolute atomic E-state index is 12.4. The van der Waals surface area contributed by atoms with Gasteiger partial charge in [0.1, 0.15) is 0 Å². The van der Waals surface area contributed by atoms with Gasteiger partial charge in [-0.25, -0.2) is 0 Å². The van der Waals surface area contributed by atoms with Crippen LogP contribution < -0.4 is 10.6 Å². The van der Waals surface area contributed by atoms with E-state index in [1.807, 2.05) is 66.8 Å². The first-order valence-corrected chi connectivity index (χ1v) is 9.00. The summed E-state index contributed by atoms with van der Waals surface area (Å²) in [6.07, 6.45) is 15.2. The monoisotopic (exact) mass is 344 g/mol. The Kier molecular flexibility index (Phi) is 6.57. The molecule has 1 amide bonds. The molecule has 1 heterocycles. The third kappa shape index (κ3) is 5.30. The molecule has 132 valence electrons. The van der Waals surface area contributed by atoms with Crippen LogP contribution >= 0.6 is 0 Å². The van der Waals surface area contributed by atoms with Crippen LogP contribution in [0.25, 0.3) is 5.57 Å². The lowest BCUT2D eigenvalue weighted by molar-refractivity contribution is 0.0940. The van der Waals surface area contributed by atoms with Crippen LogP contribution in [0.15, 0.2) is 91.1 Å². The molecule has 0 unspecified atom stereocenters. The van der Waals surface area contributed by atoms with E-state index in [9.17, 15) is 4.79 Å². The number of carbonyl (C=O) groups excluding carboxylic acids is 1. The SMILES string of the molecule is O=C(N[C@@H]1CCNC1)c1ccccc(C2=C/C=C\C=C/C=C\2)cccc1. The largest absolute Gasteiger partial charge is 0.348 e. The summed E-state index contributed by atoms with van der Waals surface area (Å²) in [5, 5.41) is 6.34. The maximum Gasteiger partial charge on any atom is 0.251 e. The fourth-order valence-electron chi connectivity index (χ4n) is 2.90. The number of nitrogens with one attached hydrogen (secondary N) is 2. The fraction of sp³-hybridized carbons (Fsp3) is 0.174. The molecular weight excluding hydrogens is 320 g/mol. The Labute approximate surface area is 155 Å². The average Bonchev–Trinajstić information content (AvgIpc) is 3.12. The zero-order valence-corrected chi connectivity index (χ0v) is 14.8. The van der Waals surface area contributed by atoms with E-state index in [4.69, 9.17) is 0 Å². The van der Waals surface area contributed by atoms with Crippen molar-refractivity contribution in [3.8, 4) is 0 Å².